The Kier molecular flexibility index (Phi) is 4.21. The van der Waals surface area contributed by atoms with Gasteiger partial charge in [-0.2, -0.15) is 13.2 Å². The van der Waals surface area contributed by atoms with Gasteiger partial charge in [0.05, 0.1) is 6.26 Å². The maximum absolute atomic E-state index is 11.6. The standard InChI is InChI=1S/C9H10F3NO3/c10-9(11,12)6-16-8(14)13-4-3-7-2-1-5-15-7/h1-2,5H,3-4,6H2,(H,13,14). The minimum absolute atomic E-state index is 0.157. The van der Waals surface area contributed by atoms with E-state index >= 15 is 0 Å². The molecule has 0 unspecified atom stereocenters. The van der Waals surface area contributed by atoms with Gasteiger partial charge in [-0.25, -0.2) is 4.79 Å². The highest BCUT2D eigenvalue weighted by molar-refractivity contribution is 5.67. The van der Waals surface area contributed by atoms with Crippen molar-refractivity contribution >= 4 is 6.09 Å². The van der Waals surface area contributed by atoms with Gasteiger partial charge >= 0.3 is 12.3 Å². The molecule has 0 aromatic carbocycles. The first-order valence-electron chi connectivity index (χ1n) is 4.47. The van der Waals surface area contributed by atoms with Gasteiger partial charge in [-0.15, -0.1) is 0 Å². The lowest BCUT2D eigenvalue weighted by molar-refractivity contribution is -0.160. The number of amides is 1. The third kappa shape index (κ3) is 5.28. The zero-order valence-electron chi connectivity index (χ0n) is 8.21. The van der Waals surface area contributed by atoms with Crippen LogP contribution in [0.15, 0.2) is 22.8 Å². The summed E-state index contributed by atoms with van der Waals surface area (Å²) < 4.78 is 43.8. The molecule has 0 aliphatic heterocycles. The summed E-state index contributed by atoms with van der Waals surface area (Å²) in [5.74, 6) is 0.635. The van der Waals surface area contributed by atoms with Crippen LogP contribution in [0.1, 0.15) is 5.76 Å². The van der Waals surface area contributed by atoms with Crippen LogP contribution >= 0.6 is 0 Å². The van der Waals surface area contributed by atoms with Gasteiger partial charge in [-0.1, -0.05) is 0 Å². The highest BCUT2D eigenvalue weighted by Crippen LogP contribution is 2.14. The van der Waals surface area contributed by atoms with Crippen LogP contribution in [0.3, 0.4) is 0 Å². The molecule has 0 saturated heterocycles. The Bertz CT molecular complexity index is 321. The van der Waals surface area contributed by atoms with Crippen molar-refractivity contribution in [1.82, 2.24) is 5.32 Å². The molecule has 0 saturated carbocycles. The summed E-state index contributed by atoms with van der Waals surface area (Å²) in [6.45, 7) is -1.43. The number of ether oxygens (including phenoxy) is 1. The molecule has 1 heterocycles. The van der Waals surface area contributed by atoms with E-state index in [-0.39, 0.29) is 6.54 Å². The second kappa shape index (κ2) is 5.43. The largest absolute Gasteiger partial charge is 0.469 e. The smallest absolute Gasteiger partial charge is 0.422 e. The number of alkyl carbamates (subject to hydrolysis) is 1. The molecule has 0 spiro atoms. The highest BCUT2D eigenvalue weighted by atomic mass is 19.4. The normalized spacial score (nSPS) is 11.2. The van der Waals surface area contributed by atoms with Crippen LogP contribution in [0, 0.1) is 0 Å². The fourth-order valence-electron chi connectivity index (χ4n) is 0.941. The van der Waals surface area contributed by atoms with Crippen LogP contribution in [0.25, 0.3) is 0 Å². The molecule has 0 radical (unpaired) electrons. The van der Waals surface area contributed by atoms with Crippen molar-refractivity contribution in [1.29, 1.82) is 0 Å². The Labute approximate surface area is 89.4 Å². The van der Waals surface area contributed by atoms with Crippen molar-refractivity contribution in [3.8, 4) is 0 Å². The zero-order valence-corrected chi connectivity index (χ0v) is 8.21. The number of hydrogen-bond donors (Lipinski definition) is 1. The summed E-state index contributed by atoms with van der Waals surface area (Å²) >= 11 is 0. The number of hydrogen-bond acceptors (Lipinski definition) is 3. The molecule has 0 fully saturated rings. The first kappa shape index (κ1) is 12.4. The van der Waals surface area contributed by atoms with Crippen molar-refractivity contribution in [2.24, 2.45) is 0 Å². The minimum Gasteiger partial charge on any atom is -0.469 e. The van der Waals surface area contributed by atoms with Gasteiger partial charge in [0, 0.05) is 13.0 Å². The average Bonchev–Trinajstić information content (AvgIpc) is 2.66. The zero-order chi connectivity index (χ0) is 12.0. The summed E-state index contributed by atoms with van der Waals surface area (Å²) in [7, 11) is 0. The first-order chi connectivity index (χ1) is 7.47. The molecule has 7 heteroatoms. The van der Waals surface area contributed by atoms with Gasteiger partial charge in [0.1, 0.15) is 5.76 Å². The predicted molar refractivity (Wildman–Crippen MR) is 47.8 cm³/mol. The van der Waals surface area contributed by atoms with Gasteiger partial charge in [0.15, 0.2) is 6.61 Å². The monoisotopic (exact) mass is 237 g/mol. The van der Waals surface area contributed by atoms with Crippen LogP contribution in [-0.2, 0) is 11.2 Å². The summed E-state index contributed by atoms with van der Waals surface area (Å²) in [5, 5.41) is 2.17. The van der Waals surface area contributed by atoms with Crippen molar-refractivity contribution in [3.05, 3.63) is 24.2 Å². The van der Waals surface area contributed by atoms with Crippen LogP contribution in [0.2, 0.25) is 0 Å². The molecular weight excluding hydrogens is 227 g/mol. The second-order valence-corrected chi connectivity index (χ2v) is 2.95. The molecule has 4 nitrogen and oxygen atoms in total. The number of halogens is 3. The molecule has 16 heavy (non-hydrogen) atoms. The summed E-state index contributed by atoms with van der Waals surface area (Å²) in [5.41, 5.74) is 0. The Morgan fingerprint density at radius 1 is 1.50 bits per heavy atom. The van der Waals surface area contributed by atoms with Gasteiger partial charge in [-0.05, 0) is 12.1 Å². The molecule has 1 aromatic rings. The van der Waals surface area contributed by atoms with Gasteiger partial charge < -0.3 is 14.5 Å². The van der Waals surface area contributed by atoms with E-state index in [2.05, 4.69) is 10.1 Å². The summed E-state index contributed by atoms with van der Waals surface area (Å²) in [6.07, 6.45) is -3.73. The third-order valence-electron chi connectivity index (χ3n) is 1.59. The second-order valence-electron chi connectivity index (χ2n) is 2.95. The van der Waals surface area contributed by atoms with E-state index in [1.807, 2.05) is 0 Å². The van der Waals surface area contributed by atoms with Crippen LogP contribution < -0.4 is 5.32 Å². The van der Waals surface area contributed by atoms with Crippen LogP contribution in [-0.4, -0.2) is 25.4 Å². The van der Waals surface area contributed by atoms with Crippen LogP contribution in [0.5, 0.6) is 0 Å². The van der Waals surface area contributed by atoms with E-state index in [4.69, 9.17) is 4.42 Å². The van der Waals surface area contributed by atoms with Crippen molar-refractivity contribution in [2.75, 3.05) is 13.2 Å². The van der Waals surface area contributed by atoms with Gasteiger partial charge in [0.2, 0.25) is 0 Å². The Hall–Kier alpha value is -1.66. The summed E-state index contributed by atoms with van der Waals surface area (Å²) in [6, 6.07) is 3.38. The third-order valence-corrected chi connectivity index (χ3v) is 1.59. The number of carbonyl (C=O) groups excluding carboxylic acids is 1. The lowest BCUT2D eigenvalue weighted by Crippen LogP contribution is -2.30. The Balaban J connectivity index is 2.11. The average molecular weight is 237 g/mol. The Morgan fingerprint density at radius 3 is 2.81 bits per heavy atom. The fourth-order valence-corrected chi connectivity index (χ4v) is 0.941. The van der Waals surface area contributed by atoms with E-state index in [1.165, 1.54) is 6.26 Å². The molecule has 0 atom stereocenters. The van der Waals surface area contributed by atoms with Crippen molar-refractivity contribution in [2.45, 2.75) is 12.6 Å². The lowest BCUT2D eigenvalue weighted by Gasteiger charge is -2.08. The quantitative estimate of drug-likeness (QED) is 0.872. The number of nitrogens with one attached hydrogen (secondary N) is 1. The molecule has 0 aliphatic carbocycles. The Morgan fingerprint density at radius 2 is 2.25 bits per heavy atom. The van der Waals surface area contributed by atoms with Gasteiger partial charge in [0.25, 0.3) is 0 Å². The van der Waals surface area contributed by atoms with Crippen LogP contribution in [0.4, 0.5) is 18.0 Å². The molecule has 0 bridgehead atoms. The molecular formula is C9H10F3NO3. The van der Waals surface area contributed by atoms with E-state index in [9.17, 15) is 18.0 Å². The highest BCUT2D eigenvalue weighted by Gasteiger charge is 2.29. The molecule has 1 amide bonds. The predicted octanol–water partition coefficient (Wildman–Crippen LogP) is 2.11. The number of alkyl halides is 3. The minimum atomic E-state index is -4.50. The number of rotatable bonds is 4. The lowest BCUT2D eigenvalue weighted by atomic mass is 10.3. The van der Waals surface area contributed by atoms with E-state index in [1.54, 1.807) is 12.1 Å². The van der Waals surface area contributed by atoms with E-state index in [0.717, 1.165) is 0 Å². The summed E-state index contributed by atoms with van der Waals surface area (Å²) in [4.78, 5) is 10.8. The molecule has 90 valence electrons. The first-order valence-corrected chi connectivity index (χ1v) is 4.47. The molecule has 1 rings (SSSR count). The SMILES string of the molecule is O=C(NCCc1ccco1)OCC(F)(F)F. The number of carbonyl (C=O) groups is 1. The maximum atomic E-state index is 11.6. The maximum Gasteiger partial charge on any atom is 0.422 e. The topological polar surface area (TPSA) is 51.5 Å². The van der Waals surface area contributed by atoms with Crippen molar-refractivity contribution < 1.29 is 27.1 Å². The van der Waals surface area contributed by atoms with Crippen molar-refractivity contribution in [3.63, 3.8) is 0 Å². The molecule has 0 aliphatic rings. The van der Waals surface area contributed by atoms with E-state index in [0.29, 0.717) is 12.2 Å². The van der Waals surface area contributed by atoms with E-state index < -0.39 is 18.9 Å². The number of furan rings is 1. The molecule has 1 aromatic heterocycles. The fraction of sp³-hybridized carbons (Fsp3) is 0.444. The van der Waals surface area contributed by atoms with Gasteiger partial charge in [-0.3, -0.25) is 0 Å². The molecule has 1 N–H and O–H groups in total.